The number of anilines is 2. The molecule has 0 aliphatic heterocycles. The highest BCUT2D eigenvalue weighted by molar-refractivity contribution is 5.86. The number of fused-ring (bicyclic) bond motifs is 3. The number of para-hydroxylation sites is 1. The minimum atomic E-state index is -0.811. The predicted octanol–water partition coefficient (Wildman–Crippen LogP) is 9.18. The second kappa shape index (κ2) is 7.80. The molecule has 1 heteroatoms. The van der Waals surface area contributed by atoms with Crippen molar-refractivity contribution in [2.24, 2.45) is 0 Å². The Kier molecular flexibility index (Phi) is 4.90. The lowest BCUT2D eigenvalue weighted by Crippen LogP contribution is -2.39. The first-order valence-electron chi connectivity index (χ1n) is 12.7. The summed E-state index contributed by atoms with van der Waals surface area (Å²) in [6.07, 6.45) is 0. The third-order valence-corrected chi connectivity index (χ3v) is 6.79. The van der Waals surface area contributed by atoms with E-state index >= 15 is 0 Å². The van der Waals surface area contributed by atoms with Gasteiger partial charge in [-0.2, -0.15) is 0 Å². The number of hydrogen-bond donors (Lipinski definition) is 0. The van der Waals surface area contributed by atoms with Crippen molar-refractivity contribution in [3.8, 4) is 11.1 Å². The highest BCUT2D eigenvalue weighted by atomic mass is 15.2. The van der Waals surface area contributed by atoms with Gasteiger partial charge in [-0.3, -0.25) is 0 Å². The molecule has 0 atom stereocenters. The van der Waals surface area contributed by atoms with Crippen LogP contribution in [0.3, 0.4) is 0 Å². The maximum absolute atomic E-state index is 9.34. The Bertz CT molecular complexity index is 1230. The van der Waals surface area contributed by atoms with Crippen LogP contribution in [-0.2, 0) is 5.41 Å². The van der Waals surface area contributed by atoms with Crippen molar-refractivity contribution in [1.82, 2.24) is 0 Å². The topological polar surface area (TPSA) is 3.24 Å². The molecule has 1 nitrogen and oxygen atoms in total. The molecule has 0 aromatic heterocycles. The van der Waals surface area contributed by atoms with Gasteiger partial charge in [-0.25, -0.2) is 0 Å². The molecule has 1 aliphatic rings. The lowest BCUT2D eigenvalue weighted by molar-refractivity contribution is 0.552. The Morgan fingerprint density at radius 3 is 2.00 bits per heavy atom. The van der Waals surface area contributed by atoms with E-state index < -0.39 is 11.8 Å². The highest BCUT2D eigenvalue weighted by Gasteiger charge is 2.40. The smallest absolute Gasteiger partial charge is 0.0454 e. The molecular formula is C31H39N. The van der Waals surface area contributed by atoms with E-state index in [1.165, 1.54) is 22.3 Å². The van der Waals surface area contributed by atoms with Gasteiger partial charge in [0.25, 0.3) is 0 Å². The largest absolute Gasteiger partial charge is 0.336 e. The molecule has 0 spiro atoms. The second-order valence-electron chi connectivity index (χ2n) is 11.1. The third-order valence-electron chi connectivity index (χ3n) is 6.79. The average Bonchev–Trinajstić information content (AvgIpc) is 2.93. The van der Waals surface area contributed by atoms with E-state index in [-0.39, 0.29) is 11.0 Å². The van der Waals surface area contributed by atoms with Gasteiger partial charge in [0.2, 0.25) is 0 Å². The Labute approximate surface area is 198 Å². The SMILES string of the molecule is [2H]C(C)(C)c1ccccc1N(c1ccc2c(c1C([2H])(C)C)C(C)(C)c1ccccc1-2)C(C)(C)C. The van der Waals surface area contributed by atoms with Crippen LogP contribution in [0.25, 0.3) is 11.1 Å². The number of hydrogen-bond acceptors (Lipinski definition) is 1. The summed E-state index contributed by atoms with van der Waals surface area (Å²) >= 11 is 0. The zero-order valence-corrected chi connectivity index (χ0v) is 21.2. The molecule has 0 radical (unpaired) electrons. The van der Waals surface area contributed by atoms with Crippen LogP contribution in [0.4, 0.5) is 11.4 Å². The molecule has 0 fully saturated rings. The maximum atomic E-state index is 9.34. The minimum Gasteiger partial charge on any atom is -0.336 e. The van der Waals surface area contributed by atoms with E-state index in [2.05, 4.69) is 94.1 Å². The van der Waals surface area contributed by atoms with Gasteiger partial charge in [0, 0.05) is 25.1 Å². The van der Waals surface area contributed by atoms with E-state index in [4.69, 9.17) is 1.37 Å². The van der Waals surface area contributed by atoms with Crippen LogP contribution < -0.4 is 4.90 Å². The summed E-state index contributed by atoms with van der Waals surface area (Å²) in [6.45, 7) is 19.1. The molecule has 0 N–H and O–H groups in total. The normalized spacial score (nSPS) is 16.2. The molecule has 0 saturated carbocycles. The average molecular weight is 428 g/mol. The first-order valence-corrected chi connectivity index (χ1v) is 11.7. The van der Waals surface area contributed by atoms with Crippen LogP contribution >= 0.6 is 0 Å². The van der Waals surface area contributed by atoms with Gasteiger partial charge in [0.05, 0.1) is 0 Å². The Morgan fingerprint density at radius 1 is 0.750 bits per heavy atom. The lowest BCUT2D eigenvalue weighted by Gasteiger charge is -2.42. The number of rotatable bonds is 4. The van der Waals surface area contributed by atoms with Gasteiger partial charge < -0.3 is 4.90 Å². The second-order valence-corrected chi connectivity index (χ2v) is 11.1. The molecule has 168 valence electrons. The molecule has 1 aliphatic carbocycles. The van der Waals surface area contributed by atoms with Crippen molar-refractivity contribution in [2.75, 3.05) is 4.90 Å². The monoisotopic (exact) mass is 427 g/mol. The van der Waals surface area contributed by atoms with Crippen molar-refractivity contribution in [1.29, 1.82) is 0 Å². The Balaban J connectivity index is 2.11. The van der Waals surface area contributed by atoms with E-state index in [9.17, 15) is 1.37 Å². The molecular weight excluding hydrogens is 386 g/mol. The molecule has 4 rings (SSSR count). The van der Waals surface area contributed by atoms with Gasteiger partial charge in [-0.15, -0.1) is 0 Å². The van der Waals surface area contributed by atoms with E-state index in [0.717, 1.165) is 22.5 Å². The standard InChI is InChI=1S/C31H39N/c1-20(2)22-14-11-13-17-26(22)32(30(5,6)7)27-19-18-24-23-15-10-12-16-25(23)31(8,9)29(24)28(27)21(3)4/h10-21H,1-9H3/i20D,21D. The summed E-state index contributed by atoms with van der Waals surface area (Å²) in [7, 11) is 0. The van der Waals surface area contributed by atoms with E-state index in [1.54, 1.807) is 0 Å². The van der Waals surface area contributed by atoms with Crippen molar-refractivity contribution < 1.29 is 2.74 Å². The summed E-state index contributed by atoms with van der Waals surface area (Å²) in [6, 6.07) is 21.4. The summed E-state index contributed by atoms with van der Waals surface area (Å²) in [5, 5.41) is 0. The number of benzene rings is 3. The first kappa shape index (κ1) is 20.1. The van der Waals surface area contributed by atoms with Gasteiger partial charge in [-0.1, -0.05) is 90.1 Å². The van der Waals surface area contributed by atoms with Crippen LogP contribution in [0.15, 0.2) is 60.7 Å². The molecule has 0 heterocycles. The molecule has 32 heavy (non-hydrogen) atoms. The van der Waals surface area contributed by atoms with Crippen LogP contribution in [-0.4, -0.2) is 5.54 Å². The summed E-state index contributed by atoms with van der Waals surface area (Å²) in [5.74, 6) is -1.56. The predicted molar refractivity (Wildman–Crippen MR) is 141 cm³/mol. The van der Waals surface area contributed by atoms with Crippen LogP contribution in [0.1, 0.15) is 99.1 Å². The molecule has 0 amide bonds. The van der Waals surface area contributed by atoms with E-state index in [1.807, 2.05) is 33.8 Å². The van der Waals surface area contributed by atoms with Gasteiger partial charge >= 0.3 is 0 Å². The molecule has 3 aromatic carbocycles. The summed E-state index contributed by atoms with van der Waals surface area (Å²) in [5.41, 5.74) is 8.78. The van der Waals surface area contributed by atoms with E-state index in [0.29, 0.717) is 0 Å². The van der Waals surface area contributed by atoms with Crippen molar-refractivity contribution in [3.63, 3.8) is 0 Å². The van der Waals surface area contributed by atoms with Crippen LogP contribution in [0.2, 0.25) is 0 Å². The lowest BCUT2D eigenvalue weighted by atomic mass is 9.77. The Morgan fingerprint density at radius 2 is 1.38 bits per heavy atom. The molecule has 0 unspecified atom stereocenters. The fraction of sp³-hybridized carbons (Fsp3) is 0.419. The molecule has 0 saturated heterocycles. The molecule has 3 aromatic rings. The highest BCUT2D eigenvalue weighted by Crippen LogP contribution is 2.54. The van der Waals surface area contributed by atoms with Gasteiger partial charge in [0.15, 0.2) is 0 Å². The van der Waals surface area contributed by atoms with Crippen LogP contribution in [0.5, 0.6) is 0 Å². The van der Waals surface area contributed by atoms with Crippen LogP contribution in [0, 0.1) is 0 Å². The number of nitrogens with zero attached hydrogens (tertiary/aromatic N) is 1. The molecule has 0 bridgehead atoms. The zero-order valence-electron chi connectivity index (χ0n) is 23.2. The fourth-order valence-corrected chi connectivity index (χ4v) is 5.50. The van der Waals surface area contributed by atoms with Gasteiger partial charge in [0.1, 0.15) is 0 Å². The zero-order chi connectivity index (χ0) is 25.3. The Hall–Kier alpha value is -2.54. The summed E-state index contributed by atoms with van der Waals surface area (Å²) < 4.78 is 18.2. The summed E-state index contributed by atoms with van der Waals surface area (Å²) in [4.78, 5) is 2.36. The quantitative estimate of drug-likeness (QED) is 0.401. The maximum Gasteiger partial charge on any atom is 0.0454 e. The van der Waals surface area contributed by atoms with Crippen molar-refractivity contribution in [2.45, 2.75) is 85.1 Å². The fourth-order valence-electron chi connectivity index (χ4n) is 5.50. The first-order chi connectivity index (χ1) is 15.6. The van der Waals surface area contributed by atoms with Gasteiger partial charge in [-0.05, 0) is 78.1 Å². The van der Waals surface area contributed by atoms with Crippen molar-refractivity contribution in [3.05, 3.63) is 82.9 Å². The van der Waals surface area contributed by atoms with Crippen molar-refractivity contribution >= 4 is 11.4 Å². The minimum absolute atomic E-state index is 0.201. The third kappa shape index (κ3) is 3.47.